The van der Waals surface area contributed by atoms with Gasteiger partial charge in [-0.25, -0.2) is 21.1 Å². The molecule has 32 heavy (non-hydrogen) atoms. The Morgan fingerprint density at radius 2 is 1.62 bits per heavy atom. The van der Waals surface area contributed by atoms with Crippen LogP contribution in [0.25, 0.3) is 0 Å². The summed E-state index contributed by atoms with van der Waals surface area (Å²) in [5.41, 5.74) is -1.22. The van der Waals surface area contributed by atoms with Crippen molar-refractivity contribution in [1.29, 1.82) is 0 Å². The standard InChI is InChI=1S/C19H26F3N3O5S2/c1-31(27,28)25-10-4-5-15(13-25)23-18(26)14-8-11-24(12-9-14)32(29,30)17-7-3-2-6-16(17)19(20,21)22/h2-3,6-7,14-15H,4-5,8-13H2,1H3,(H,23,26). The summed E-state index contributed by atoms with van der Waals surface area (Å²) >= 11 is 0. The lowest BCUT2D eigenvalue weighted by Crippen LogP contribution is -2.51. The first-order valence-corrected chi connectivity index (χ1v) is 13.5. The summed E-state index contributed by atoms with van der Waals surface area (Å²) in [6.45, 7) is 0.437. The van der Waals surface area contributed by atoms with Crippen LogP contribution in [0.15, 0.2) is 29.2 Å². The third kappa shape index (κ3) is 5.61. The maximum atomic E-state index is 13.3. The van der Waals surface area contributed by atoms with Gasteiger partial charge in [0.05, 0.1) is 16.7 Å². The van der Waals surface area contributed by atoms with Crippen LogP contribution in [0.1, 0.15) is 31.2 Å². The zero-order chi connectivity index (χ0) is 23.7. The fourth-order valence-electron chi connectivity index (χ4n) is 4.10. The quantitative estimate of drug-likeness (QED) is 0.666. The molecule has 1 N–H and O–H groups in total. The van der Waals surface area contributed by atoms with E-state index in [0.717, 1.165) is 28.8 Å². The van der Waals surface area contributed by atoms with Gasteiger partial charge in [-0.3, -0.25) is 4.79 Å². The van der Waals surface area contributed by atoms with Gasteiger partial charge in [0, 0.05) is 38.1 Å². The highest BCUT2D eigenvalue weighted by Crippen LogP contribution is 2.36. The van der Waals surface area contributed by atoms with Gasteiger partial charge in [0.25, 0.3) is 0 Å². The Morgan fingerprint density at radius 1 is 1.00 bits per heavy atom. The molecule has 2 fully saturated rings. The van der Waals surface area contributed by atoms with Crippen LogP contribution >= 0.6 is 0 Å². The molecule has 3 rings (SSSR count). The third-order valence-corrected chi connectivity index (χ3v) is 9.06. The van der Waals surface area contributed by atoms with Crippen LogP contribution in [0.3, 0.4) is 0 Å². The second-order valence-electron chi connectivity index (χ2n) is 8.14. The minimum Gasteiger partial charge on any atom is -0.352 e. The molecule has 2 aliphatic heterocycles. The van der Waals surface area contributed by atoms with Gasteiger partial charge >= 0.3 is 6.18 Å². The topological polar surface area (TPSA) is 104 Å². The van der Waals surface area contributed by atoms with Gasteiger partial charge in [0.1, 0.15) is 0 Å². The molecule has 1 unspecified atom stereocenters. The van der Waals surface area contributed by atoms with Crippen molar-refractivity contribution in [2.24, 2.45) is 5.92 Å². The monoisotopic (exact) mass is 497 g/mol. The molecule has 0 bridgehead atoms. The molecule has 0 spiro atoms. The lowest BCUT2D eigenvalue weighted by molar-refractivity contribution is -0.139. The molecule has 2 saturated heterocycles. The number of benzene rings is 1. The first-order valence-electron chi connectivity index (χ1n) is 10.2. The van der Waals surface area contributed by atoms with E-state index in [4.69, 9.17) is 0 Å². The van der Waals surface area contributed by atoms with Crippen molar-refractivity contribution in [2.45, 2.75) is 42.8 Å². The number of hydrogen-bond acceptors (Lipinski definition) is 5. The van der Waals surface area contributed by atoms with Gasteiger partial charge < -0.3 is 5.32 Å². The highest BCUT2D eigenvalue weighted by Gasteiger charge is 2.40. The average Bonchev–Trinajstić information content (AvgIpc) is 2.73. The summed E-state index contributed by atoms with van der Waals surface area (Å²) in [7, 11) is -7.72. The van der Waals surface area contributed by atoms with Crippen LogP contribution in [0.4, 0.5) is 13.2 Å². The van der Waals surface area contributed by atoms with Crippen molar-refractivity contribution < 1.29 is 34.8 Å². The van der Waals surface area contributed by atoms with Gasteiger partial charge in [0.2, 0.25) is 26.0 Å². The third-order valence-electron chi connectivity index (χ3n) is 5.83. The number of carbonyl (C=O) groups is 1. The lowest BCUT2D eigenvalue weighted by atomic mass is 9.96. The number of nitrogens with one attached hydrogen (secondary N) is 1. The fraction of sp³-hybridized carbons (Fsp3) is 0.632. The molecule has 2 aliphatic rings. The number of amides is 1. The normalized spacial score (nSPS) is 22.6. The minimum absolute atomic E-state index is 0.0766. The van der Waals surface area contributed by atoms with E-state index in [1.807, 2.05) is 0 Å². The second kappa shape index (κ2) is 9.27. The Morgan fingerprint density at radius 3 is 2.22 bits per heavy atom. The van der Waals surface area contributed by atoms with Crippen LogP contribution in [0.2, 0.25) is 0 Å². The second-order valence-corrected chi connectivity index (χ2v) is 12.0. The Balaban J connectivity index is 1.62. The summed E-state index contributed by atoms with van der Waals surface area (Å²) in [5, 5.41) is 2.84. The smallest absolute Gasteiger partial charge is 0.352 e. The van der Waals surface area contributed by atoms with Gasteiger partial charge in [0.15, 0.2) is 0 Å². The maximum absolute atomic E-state index is 13.3. The zero-order valence-electron chi connectivity index (χ0n) is 17.5. The minimum atomic E-state index is -4.80. The molecule has 0 saturated carbocycles. The summed E-state index contributed by atoms with van der Waals surface area (Å²) < 4.78 is 91.2. The van der Waals surface area contributed by atoms with E-state index in [1.165, 1.54) is 10.4 Å². The van der Waals surface area contributed by atoms with Crippen molar-refractivity contribution in [3.63, 3.8) is 0 Å². The van der Waals surface area contributed by atoms with Crippen molar-refractivity contribution in [1.82, 2.24) is 13.9 Å². The van der Waals surface area contributed by atoms with Gasteiger partial charge in [-0.05, 0) is 37.8 Å². The summed E-state index contributed by atoms with van der Waals surface area (Å²) in [6, 6.07) is 3.72. The number of alkyl halides is 3. The predicted octanol–water partition coefficient (Wildman–Crippen LogP) is 1.65. The van der Waals surface area contributed by atoms with E-state index in [1.54, 1.807) is 0 Å². The highest BCUT2D eigenvalue weighted by atomic mass is 32.2. The van der Waals surface area contributed by atoms with Gasteiger partial charge in [-0.2, -0.15) is 17.5 Å². The maximum Gasteiger partial charge on any atom is 0.417 e. The molecule has 180 valence electrons. The molecule has 0 aromatic heterocycles. The van der Waals surface area contributed by atoms with E-state index in [0.29, 0.717) is 19.4 Å². The van der Waals surface area contributed by atoms with Crippen molar-refractivity contribution in [2.75, 3.05) is 32.4 Å². The Hall–Kier alpha value is -1.70. The van der Waals surface area contributed by atoms with Crippen LogP contribution in [0, 0.1) is 5.92 Å². The van der Waals surface area contributed by atoms with Crippen molar-refractivity contribution in [3.05, 3.63) is 29.8 Å². The first kappa shape index (κ1) is 24.9. The molecule has 1 amide bonds. The summed E-state index contributed by atoms with van der Waals surface area (Å²) in [5.74, 6) is -0.786. The van der Waals surface area contributed by atoms with Crippen LogP contribution < -0.4 is 5.32 Å². The number of piperidine rings is 2. The van der Waals surface area contributed by atoms with E-state index < -0.39 is 42.6 Å². The summed E-state index contributed by atoms with van der Waals surface area (Å²) in [4.78, 5) is 11.8. The number of halogens is 3. The number of nitrogens with zero attached hydrogens (tertiary/aromatic N) is 2. The molecule has 0 aliphatic carbocycles. The van der Waals surface area contributed by atoms with Crippen LogP contribution in [0.5, 0.6) is 0 Å². The lowest BCUT2D eigenvalue weighted by Gasteiger charge is -2.34. The van der Waals surface area contributed by atoms with Gasteiger partial charge in [-0.1, -0.05) is 12.1 Å². The number of carbonyl (C=O) groups excluding carboxylic acids is 1. The van der Waals surface area contributed by atoms with Crippen molar-refractivity contribution in [3.8, 4) is 0 Å². The van der Waals surface area contributed by atoms with Gasteiger partial charge in [-0.15, -0.1) is 0 Å². The molecular weight excluding hydrogens is 471 g/mol. The summed E-state index contributed by atoms with van der Waals surface area (Å²) in [6.07, 6.45) is -2.10. The van der Waals surface area contributed by atoms with Crippen LogP contribution in [-0.2, 0) is 31.0 Å². The van der Waals surface area contributed by atoms with E-state index in [9.17, 15) is 34.8 Å². The highest BCUT2D eigenvalue weighted by molar-refractivity contribution is 7.89. The number of sulfonamides is 2. The Kier molecular flexibility index (Phi) is 7.23. The van der Waals surface area contributed by atoms with E-state index >= 15 is 0 Å². The molecule has 0 radical (unpaired) electrons. The van der Waals surface area contributed by atoms with E-state index in [2.05, 4.69) is 5.32 Å². The zero-order valence-corrected chi connectivity index (χ0v) is 19.1. The first-order chi connectivity index (χ1) is 14.8. The fourth-order valence-corrected chi connectivity index (χ4v) is 6.70. The Labute approximate surface area is 185 Å². The molecule has 1 aromatic rings. The Bertz CT molecular complexity index is 1050. The molecular formula is C19H26F3N3O5S2. The predicted molar refractivity (Wildman–Crippen MR) is 111 cm³/mol. The van der Waals surface area contributed by atoms with Crippen LogP contribution in [-0.4, -0.2) is 69.8 Å². The largest absolute Gasteiger partial charge is 0.417 e. The number of hydrogen-bond donors (Lipinski definition) is 1. The molecule has 2 heterocycles. The molecule has 13 heteroatoms. The van der Waals surface area contributed by atoms with E-state index in [-0.39, 0.29) is 44.4 Å². The SMILES string of the molecule is CS(=O)(=O)N1CCCC(NC(=O)C2CCN(S(=O)(=O)c3ccccc3C(F)(F)F)CC2)C1. The number of rotatable bonds is 5. The molecule has 8 nitrogen and oxygen atoms in total. The average molecular weight is 498 g/mol. The molecule has 1 atom stereocenters. The molecule has 1 aromatic carbocycles. The van der Waals surface area contributed by atoms with Crippen molar-refractivity contribution >= 4 is 26.0 Å².